The molecule has 7 nitrogen and oxygen atoms in total. The maximum Gasteiger partial charge on any atom is 0.250 e. The van der Waals surface area contributed by atoms with Crippen LogP contribution in [0.4, 0.5) is 0 Å². The summed E-state index contributed by atoms with van der Waals surface area (Å²) < 4.78 is 10.9. The smallest absolute Gasteiger partial charge is 0.250 e. The van der Waals surface area contributed by atoms with Crippen LogP contribution in [0.5, 0.6) is 0 Å². The zero-order valence-electron chi connectivity index (χ0n) is 22.8. The maximum atomic E-state index is 6.45. The van der Waals surface area contributed by atoms with Gasteiger partial charge in [0.2, 0.25) is 11.8 Å². The van der Waals surface area contributed by atoms with E-state index in [1.165, 1.54) is 5.39 Å². The number of para-hydroxylation sites is 3. The van der Waals surface area contributed by atoms with Gasteiger partial charge in [-0.3, -0.25) is 9.97 Å². The van der Waals surface area contributed by atoms with E-state index in [0.29, 0.717) is 11.8 Å². The lowest BCUT2D eigenvalue weighted by Gasteiger charge is -2.09. The van der Waals surface area contributed by atoms with Gasteiger partial charge in [-0.05, 0) is 54.6 Å². The number of pyridine rings is 2. The molecule has 0 radical (unpaired) electrons. The summed E-state index contributed by atoms with van der Waals surface area (Å²) in [5.74, 6) is 0.919. The van der Waals surface area contributed by atoms with E-state index in [2.05, 4.69) is 108 Å². The highest BCUT2D eigenvalue weighted by molar-refractivity contribution is 6.13. The molecule has 0 aliphatic heterocycles. The van der Waals surface area contributed by atoms with Gasteiger partial charge in [0.05, 0.1) is 51.4 Å². The topological polar surface area (TPSA) is 74.6 Å². The van der Waals surface area contributed by atoms with Crippen molar-refractivity contribution in [1.82, 2.24) is 29.3 Å². The van der Waals surface area contributed by atoms with Gasteiger partial charge < -0.3 is 13.6 Å². The average Bonchev–Trinajstić information content (AvgIpc) is 3.78. The van der Waals surface area contributed by atoms with Crippen LogP contribution in [-0.2, 0) is 0 Å². The fraction of sp³-hybridized carbons (Fsp3) is 0. The second kappa shape index (κ2) is 9.22. The first-order chi connectivity index (χ1) is 21.3. The molecule has 0 amide bonds. The molecule has 0 saturated carbocycles. The molecule has 0 bridgehead atoms. The van der Waals surface area contributed by atoms with Crippen LogP contribution in [0.2, 0.25) is 0 Å². The molecule has 9 rings (SSSR count). The minimum atomic E-state index is 0.459. The molecule has 5 heterocycles. The van der Waals surface area contributed by atoms with Crippen molar-refractivity contribution in [3.8, 4) is 34.3 Å². The van der Waals surface area contributed by atoms with E-state index in [0.717, 1.165) is 60.7 Å². The molecule has 0 aliphatic carbocycles. The monoisotopic (exact) mass is 554 g/mol. The van der Waals surface area contributed by atoms with E-state index in [-0.39, 0.29) is 0 Å². The molecule has 202 valence electrons. The summed E-state index contributed by atoms with van der Waals surface area (Å²) in [6, 6.07) is 37.3. The number of aromatic nitrogens is 6. The summed E-state index contributed by atoms with van der Waals surface area (Å²) in [5.41, 5.74) is 7.92. The first-order valence-electron chi connectivity index (χ1n) is 14.1. The van der Waals surface area contributed by atoms with Crippen LogP contribution in [0, 0.1) is 0 Å². The minimum Gasteiger partial charge on any atom is -0.416 e. The van der Waals surface area contributed by atoms with Crippen molar-refractivity contribution in [1.29, 1.82) is 0 Å². The first kappa shape index (κ1) is 23.6. The van der Waals surface area contributed by atoms with Crippen LogP contribution in [0.15, 0.2) is 138 Å². The van der Waals surface area contributed by atoms with Crippen molar-refractivity contribution in [2.45, 2.75) is 0 Å². The van der Waals surface area contributed by atoms with Crippen molar-refractivity contribution in [3.05, 3.63) is 134 Å². The number of rotatable bonds is 4. The third-order valence-electron chi connectivity index (χ3n) is 8.08. The van der Waals surface area contributed by atoms with Crippen LogP contribution in [0.25, 0.3) is 77.9 Å². The fourth-order valence-electron chi connectivity index (χ4n) is 6.26. The van der Waals surface area contributed by atoms with E-state index < -0.39 is 0 Å². The van der Waals surface area contributed by atoms with Crippen LogP contribution >= 0.6 is 0 Å². The molecule has 0 unspecified atom stereocenters. The molecule has 5 aromatic heterocycles. The Morgan fingerprint density at radius 3 is 1.86 bits per heavy atom. The lowest BCUT2D eigenvalue weighted by atomic mass is 10.1. The molecule has 0 fully saturated rings. The predicted molar refractivity (Wildman–Crippen MR) is 169 cm³/mol. The van der Waals surface area contributed by atoms with Crippen molar-refractivity contribution in [3.63, 3.8) is 0 Å². The number of hydrogen-bond acceptors (Lipinski definition) is 5. The largest absolute Gasteiger partial charge is 0.416 e. The summed E-state index contributed by atoms with van der Waals surface area (Å²) in [6.45, 7) is 0. The molecule has 0 atom stereocenters. The van der Waals surface area contributed by atoms with Gasteiger partial charge in [0.15, 0.2) is 0 Å². The Hall–Kier alpha value is -6.08. The van der Waals surface area contributed by atoms with Crippen molar-refractivity contribution in [2.24, 2.45) is 0 Å². The third kappa shape index (κ3) is 3.55. The average molecular weight is 555 g/mol. The molecular weight excluding hydrogens is 532 g/mol. The van der Waals surface area contributed by atoms with Gasteiger partial charge in [0.1, 0.15) is 0 Å². The second-order valence-corrected chi connectivity index (χ2v) is 10.5. The van der Waals surface area contributed by atoms with Crippen LogP contribution < -0.4 is 0 Å². The number of fused-ring (bicyclic) bond motifs is 6. The summed E-state index contributed by atoms with van der Waals surface area (Å²) in [5, 5.41) is 13.7. The zero-order chi connectivity index (χ0) is 28.3. The van der Waals surface area contributed by atoms with Gasteiger partial charge in [-0.2, -0.15) is 0 Å². The standard InChI is InChI=1S/C36H22N6O/c1-3-14-31-26(10-1)28-17-16-23(20-33(28)41(31)24-8-6-18-37-21-24)35-39-40-36(43-35)30-13-5-12-29-27-11-2-4-15-32(27)42(34(29)30)25-9-7-19-38-22-25/h1-22H. The molecule has 0 saturated heterocycles. The summed E-state index contributed by atoms with van der Waals surface area (Å²) in [6.07, 6.45) is 7.33. The van der Waals surface area contributed by atoms with Crippen molar-refractivity contribution < 1.29 is 4.42 Å². The van der Waals surface area contributed by atoms with Crippen molar-refractivity contribution in [2.75, 3.05) is 0 Å². The molecular formula is C36H22N6O. The van der Waals surface area contributed by atoms with Gasteiger partial charge in [-0.25, -0.2) is 0 Å². The Morgan fingerprint density at radius 2 is 1.12 bits per heavy atom. The van der Waals surface area contributed by atoms with E-state index in [1.807, 2.05) is 42.7 Å². The lowest BCUT2D eigenvalue weighted by Crippen LogP contribution is -1.96. The Bertz CT molecular complexity index is 2460. The molecule has 43 heavy (non-hydrogen) atoms. The van der Waals surface area contributed by atoms with Gasteiger partial charge in [-0.1, -0.05) is 54.6 Å². The first-order valence-corrected chi connectivity index (χ1v) is 14.1. The Kier molecular flexibility index (Phi) is 5.06. The van der Waals surface area contributed by atoms with Gasteiger partial charge in [0.25, 0.3) is 0 Å². The highest BCUT2D eigenvalue weighted by Gasteiger charge is 2.21. The highest BCUT2D eigenvalue weighted by Crippen LogP contribution is 2.39. The highest BCUT2D eigenvalue weighted by atomic mass is 16.4. The Balaban J connectivity index is 1.24. The van der Waals surface area contributed by atoms with Gasteiger partial charge in [-0.15, -0.1) is 10.2 Å². The van der Waals surface area contributed by atoms with Crippen molar-refractivity contribution >= 4 is 43.6 Å². The van der Waals surface area contributed by atoms with Gasteiger partial charge in [0, 0.05) is 39.5 Å². The van der Waals surface area contributed by atoms with Gasteiger partial charge >= 0.3 is 0 Å². The SMILES string of the molecule is c1cncc(-n2c3ccccc3c3ccc(-c4nnc(-c5cccc6c7ccccc7n(-c7cccnc7)c56)o4)cc32)c1. The van der Waals surface area contributed by atoms with Crippen LogP contribution in [0.3, 0.4) is 0 Å². The predicted octanol–water partition coefficient (Wildman–Crippen LogP) is 8.39. The lowest BCUT2D eigenvalue weighted by molar-refractivity contribution is 0.585. The van der Waals surface area contributed by atoms with E-state index in [1.54, 1.807) is 12.4 Å². The summed E-state index contributed by atoms with van der Waals surface area (Å²) in [4.78, 5) is 8.77. The Labute approximate surface area is 245 Å². The normalized spacial score (nSPS) is 11.7. The summed E-state index contributed by atoms with van der Waals surface area (Å²) >= 11 is 0. The molecule has 7 heteroatoms. The van der Waals surface area contributed by atoms with E-state index in [4.69, 9.17) is 4.42 Å². The van der Waals surface area contributed by atoms with Crippen LogP contribution in [0.1, 0.15) is 0 Å². The van der Waals surface area contributed by atoms with E-state index in [9.17, 15) is 0 Å². The zero-order valence-corrected chi connectivity index (χ0v) is 22.8. The number of nitrogens with zero attached hydrogens (tertiary/aromatic N) is 6. The maximum absolute atomic E-state index is 6.45. The molecule has 0 N–H and O–H groups in total. The number of hydrogen-bond donors (Lipinski definition) is 0. The quantitative estimate of drug-likeness (QED) is 0.218. The summed E-state index contributed by atoms with van der Waals surface area (Å²) in [7, 11) is 0. The van der Waals surface area contributed by atoms with E-state index >= 15 is 0 Å². The number of benzene rings is 4. The minimum absolute atomic E-state index is 0.459. The molecule has 4 aromatic carbocycles. The fourth-order valence-corrected chi connectivity index (χ4v) is 6.26. The molecule has 0 aliphatic rings. The second-order valence-electron chi connectivity index (χ2n) is 10.5. The van der Waals surface area contributed by atoms with Crippen LogP contribution in [-0.4, -0.2) is 29.3 Å². The third-order valence-corrected chi connectivity index (χ3v) is 8.08. The molecule has 9 aromatic rings. The molecule has 0 spiro atoms. The Morgan fingerprint density at radius 1 is 0.488 bits per heavy atom.